The van der Waals surface area contributed by atoms with Crippen LogP contribution in [0.4, 0.5) is 0 Å². The van der Waals surface area contributed by atoms with Gasteiger partial charge in [-0.05, 0) is 29.0 Å². The number of aliphatic hydroxyl groups excluding tert-OH is 1. The topological polar surface area (TPSA) is 101 Å². The summed E-state index contributed by atoms with van der Waals surface area (Å²) in [6, 6.07) is 6.85. The summed E-state index contributed by atoms with van der Waals surface area (Å²) < 4.78 is 17.6. The van der Waals surface area contributed by atoms with Crippen LogP contribution in [-0.4, -0.2) is 29.2 Å². The van der Waals surface area contributed by atoms with Gasteiger partial charge in [-0.1, -0.05) is 41.5 Å². The van der Waals surface area contributed by atoms with Crippen LogP contribution in [0.2, 0.25) is 0 Å². The maximum absolute atomic E-state index is 11.0. The highest BCUT2D eigenvalue weighted by Crippen LogP contribution is 2.41. The predicted molar refractivity (Wildman–Crippen MR) is 136 cm³/mol. The number of hydrogen-bond acceptors (Lipinski definition) is 6. The van der Waals surface area contributed by atoms with Gasteiger partial charge in [0.05, 0.1) is 25.8 Å². The molecule has 3 rings (SSSR count). The van der Waals surface area contributed by atoms with Crippen molar-refractivity contribution in [3.8, 4) is 17.2 Å². The Kier molecular flexibility index (Phi) is 7.33. The number of ether oxygens (including phenoxy) is 2. The highest BCUT2D eigenvalue weighted by Gasteiger charge is 2.27. The van der Waals surface area contributed by atoms with Crippen LogP contribution in [0.25, 0.3) is 22.9 Å². The smallest absolute Gasteiger partial charge is 0.172 e. The van der Waals surface area contributed by atoms with Crippen LogP contribution >= 0.6 is 17.0 Å². The van der Waals surface area contributed by atoms with Crippen LogP contribution in [0.5, 0.6) is 17.2 Å². The van der Waals surface area contributed by atoms with E-state index in [1.54, 1.807) is 24.3 Å². The molecule has 0 saturated carbocycles. The van der Waals surface area contributed by atoms with Crippen LogP contribution in [-0.2, 0) is 10.8 Å². The maximum Gasteiger partial charge on any atom is 0.172 e. The van der Waals surface area contributed by atoms with Gasteiger partial charge in [-0.3, -0.25) is 5.41 Å². The lowest BCUT2D eigenvalue weighted by Gasteiger charge is -2.28. The summed E-state index contributed by atoms with van der Waals surface area (Å²) in [6.45, 7) is 12.1. The minimum absolute atomic E-state index is 0. The number of aromatic nitrogens is 1. The lowest BCUT2D eigenvalue weighted by atomic mass is 9.78. The van der Waals surface area contributed by atoms with Gasteiger partial charge in [0.1, 0.15) is 11.5 Å². The van der Waals surface area contributed by atoms with Crippen LogP contribution in [0.1, 0.15) is 58.2 Å². The molecule has 33 heavy (non-hydrogen) atoms. The molecule has 0 spiro atoms. The quantitative estimate of drug-likeness (QED) is 0.359. The van der Waals surface area contributed by atoms with E-state index < -0.39 is 0 Å². The molecule has 7 nitrogen and oxygen atoms in total. The number of hydrogen-bond donors (Lipinski definition) is 3. The molecule has 0 aliphatic heterocycles. The van der Waals surface area contributed by atoms with Crippen LogP contribution in [0.15, 0.2) is 28.8 Å². The molecule has 180 valence electrons. The fourth-order valence-corrected chi connectivity index (χ4v) is 3.59. The first-order valence-electron chi connectivity index (χ1n) is 10.4. The molecule has 0 aliphatic rings. The SMILES string of the molecule is Br.COc1cc2on(C=C(O)c3cc(C(C)(C)C)c(O)c(C(C)(C)C)c3)c(=N)c2cc1OC. The molecule has 0 radical (unpaired) electrons. The summed E-state index contributed by atoms with van der Waals surface area (Å²) in [5.41, 5.74) is 1.80. The third kappa shape index (κ3) is 5.05. The second kappa shape index (κ2) is 9.17. The summed E-state index contributed by atoms with van der Waals surface area (Å²) in [7, 11) is 3.05. The normalized spacial score (nSPS) is 12.5. The maximum atomic E-state index is 11.0. The second-order valence-electron chi connectivity index (χ2n) is 9.90. The number of rotatable bonds is 4. The standard InChI is InChI=1S/C25H32N2O5.BrH/c1-24(2,3)16-9-14(10-17(22(16)29)25(4,5)6)18(28)13-27-23(26)15-11-20(30-7)21(31-8)12-19(15)32-27;/h9-13,26,28-29H,1-8H3;1H. The molecule has 8 heteroatoms. The van der Waals surface area contributed by atoms with Crippen molar-refractivity contribution in [1.29, 1.82) is 5.41 Å². The number of aliphatic hydroxyl groups is 1. The zero-order chi connectivity index (χ0) is 24.0. The van der Waals surface area contributed by atoms with Crippen LogP contribution < -0.4 is 15.0 Å². The Morgan fingerprint density at radius 2 is 1.42 bits per heavy atom. The number of aromatic hydroxyl groups is 1. The summed E-state index contributed by atoms with van der Waals surface area (Å²) in [6.07, 6.45) is 1.35. The van der Waals surface area contributed by atoms with Crippen molar-refractivity contribution >= 4 is 39.9 Å². The van der Waals surface area contributed by atoms with Crippen molar-refractivity contribution in [2.45, 2.75) is 52.4 Å². The fourth-order valence-electron chi connectivity index (χ4n) is 3.59. The number of nitrogens with zero attached hydrogens (tertiary/aromatic N) is 1. The molecule has 1 heterocycles. The second-order valence-corrected chi connectivity index (χ2v) is 9.90. The zero-order valence-corrected chi connectivity index (χ0v) is 22.1. The van der Waals surface area contributed by atoms with E-state index >= 15 is 0 Å². The van der Waals surface area contributed by atoms with Gasteiger partial charge in [0, 0.05) is 22.8 Å². The van der Waals surface area contributed by atoms with Crippen molar-refractivity contribution in [3.05, 3.63) is 46.4 Å². The van der Waals surface area contributed by atoms with Gasteiger partial charge < -0.3 is 24.2 Å². The third-order valence-electron chi connectivity index (χ3n) is 5.42. The van der Waals surface area contributed by atoms with Gasteiger partial charge in [0.2, 0.25) is 0 Å². The van der Waals surface area contributed by atoms with E-state index in [0.29, 0.717) is 28.0 Å². The first kappa shape index (κ1) is 26.4. The molecule has 0 aliphatic carbocycles. The summed E-state index contributed by atoms with van der Waals surface area (Å²) >= 11 is 0. The fraction of sp³-hybridized carbons (Fsp3) is 0.400. The van der Waals surface area contributed by atoms with Gasteiger partial charge in [0.25, 0.3) is 0 Å². The van der Waals surface area contributed by atoms with Gasteiger partial charge in [-0.15, -0.1) is 17.0 Å². The number of nitrogens with one attached hydrogen (secondary N) is 1. The van der Waals surface area contributed by atoms with E-state index in [-0.39, 0.29) is 44.8 Å². The Bertz CT molecular complexity index is 1220. The number of methoxy groups -OCH3 is 2. The molecule has 0 unspecified atom stereocenters. The van der Waals surface area contributed by atoms with Crippen LogP contribution in [0.3, 0.4) is 0 Å². The average Bonchev–Trinajstić information content (AvgIpc) is 2.99. The van der Waals surface area contributed by atoms with Gasteiger partial charge in [-0.2, -0.15) is 4.74 Å². The molecule has 0 amide bonds. The molecule has 0 atom stereocenters. The minimum atomic E-state index is -0.333. The molecular weight excluding hydrogens is 488 g/mol. The van der Waals surface area contributed by atoms with E-state index in [1.807, 2.05) is 41.5 Å². The Hall–Kier alpha value is -2.87. The average molecular weight is 521 g/mol. The van der Waals surface area contributed by atoms with Crippen LogP contribution in [0, 0.1) is 5.41 Å². The number of fused-ring (bicyclic) bond motifs is 1. The minimum Gasteiger partial charge on any atom is -0.507 e. The number of phenols is 1. The molecule has 3 N–H and O–H groups in total. The third-order valence-corrected chi connectivity index (χ3v) is 5.42. The first-order valence-corrected chi connectivity index (χ1v) is 10.4. The largest absolute Gasteiger partial charge is 0.507 e. The first-order chi connectivity index (χ1) is 14.8. The van der Waals surface area contributed by atoms with E-state index in [2.05, 4.69) is 0 Å². The van der Waals surface area contributed by atoms with Gasteiger partial charge in [0.15, 0.2) is 22.6 Å². The number of phenolic OH excluding ortho intramolecular Hbond substituents is 1. The van der Waals surface area contributed by atoms with E-state index in [1.165, 1.54) is 25.2 Å². The molecule has 2 aromatic carbocycles. The monoisotopic (exact) mass is 520 g/mol. The Morgan fingerprint density at radius 1 is 0.939 bits per heavy atom. The Morgan fingerprint density at radius 3 is 1.88 bits per heavy atom. The lowest BCUT2D eigenvalue weighted by Crippen LogP contribution is -2.18. The lowest BCUT2D eigenvalue weighted by molar-refractivity contribution is 0.352. The molecule has 0 bridgehead atoms. The molecule has 1 aromatic heterocycles. The van der Waals surface area contributed by atoms with Crippen molar-refractivity contribution < 1.29 is 24.2 Å². The number of halogens is 1. The highest BCUT2D eigenvalue weighted by molar-refractivity contribution is 8.93. The Balaban J connectivity index is 0.00000385. The molecule has 3 aromatic rings. The number of benzene rings is 2. The van der Waals surface area contributed by atoms with Crippen molar-refractivity contribution in [2.75, 3.05) is 14.2 Å². The summed E-state index contributed by atoms with van der Waals surface area (Å²) in [5.74, 6) is 1.12. The zero-order valence-electron chi connectivity index (χ0n) is 20.4. The van der Waals surface area contributed by atoms with Gasteiger partial charge >= 0.3 is 0 Å². The summed E-state index contributed by atoms with van der Waals surface area (Å²) in [5, 5.41) is 30.9. The van der Waals surface area contributed by atoms with Crippen molar-refractivity contribution in [2.24, 2.45) is 0 Å². The predicted octanol–water partition coefficient (Wildman–Crippen LogP) is 6.12. The highest BCUT2D eigenvalue weighted by atomic mass is 79.9. The van der Waals surface area contributed by atoms with E-state index in [4.69, 9.17) is 19.4 Å². The van der Waals surface area contributed by atoms with Gasteiger partial charge in [-0.25, -0.2) is 0 Å². The van der Waals surface area contributed by atoms with E-state index in [9.17, 15) is 10.2 Å². The summed E-state index contributed by atoms with van der Waals surface area (Å²) in [4.78, 5) is 0. The molecule has 0 fully saturated rings. The van der Waals surface area contributed by atoms with E-state index in [0.717, 1.165) is 11.1 Å². The molecular formula is C25H33BrN2O5. The Labute approximate surface area is 204 Å². The van der Waals surface area contributed by atoms with Crippen molar-refractivity contribution in [1.82, 2.24) is 4.74 Å². The molecule has 0 saturated heterocycles. The van der Waals surface area contributed by atoms with Crippen molar-refractivity contribution in [3.63, 3.8) is 0 Å².